The predicted octanol–water partition coefficient (Wildman–Crippen LogP) is 3.10. The first-order valence-electron chi connectivity index (χ1n) is 14.8. The van der Waals surface area contributed by atoms with E-state index in [0.29, 0.717) is 19.4 Å². The first-order valence-corrected chi connectivity index (χ1v) is 14.8. The second-order valence-electron chi connectivity index (χ2n) is 13.1. The molecule has 5 unspecified atom stereocenters. The third kappa shape index (κ3) is 7.23. The summed E-state index contributed by atoms with van der Waals surface area (Å²) in [7, 11) is 0. The van der Waals surface area contributed by atoms with E-state index < -0.39 is 47.4 Å². The average Bonchev–Trinajstić information content (AvgIpc) is 3.21. The molecule has 40 heavy (non-hydrogen) atoms. The highest BCUT2D eigenvalue weighted by Crippen LogP contribution is 2.65. The highest BCUT2D eigenvalue weighted by molar-refractivity contribution is 6.38. The first-order chi connectivity index (χ1) is 18.7. The van der Waals surface area contributed by atoms with Gasteiger partial charge in [-0.15, -0.1) is 6.58 Å². The van der Waals surface area contributed by atoms with E-state index in [4.69, 9.17) is 4.74 Å². The normalized spacial score (nSPS) is 25.1. The largest absolute Gasteiger partial charge is 0.444 e. The Morgan fingerprint density at radius 1 is 1.07 bits per heavy atom. The van der Waals surface area contributed by atoms with Gasteiger partial charge >= 0.3 is 6.09 Å². The molecule has 4 amide bonds. The molecule has 0 spiro atoms. The van der Waals surface area contributed by atoms with Gasteiger partial charge in [0.05, 0.1) is 6.04 Å². The number of ketones is 1. The number of fused-ring (bicyclic) bond motifs is 1. The van der Waals surface area contributed by atoms with Crippen molar-refractivity contribution in [1.82, 2.24) is 20.9 Å². The highest BCUT2D eigenvalue weighted by atomic mass is 16.6. The molecule has 2 saturated carbocycles. The SMILES string of the molecule is C=CCNC(=O)C(=O)C(CCC)NC(=O)C1C2C(CN1C(=O)C(NC(=O)OC(C)(C)C)C1CCCCC1)C2(C)C. The maximum atomic E-state index is 14.1. The number of hydrogen-bond acceptors (Lipinski definition) is 6. The average molecular weight is 561 g/mol. The molecular formula is C30H48N4O6. The molecule has 10 nitrogen and oxygen atoms in total. The maximum Gasteiger partial charge on any atom is 0.408 e. The van der Waals surface area contributed by atoms with E-state index in [1.807, 2.05) is 6.92 Å². The third-order valence-corrected chi connectivity index (χ3v) is 8.66. The molecule has 5 atom stereocenters. The first kappa shape index (κ1) is 31.6. The molecule has 0 bridgehead atoms. The summed E-state index contributed by atoms with van der Waals surface area (Å²) in [6.45, 7) is 15.4. The van der Waals surface area contributed by atoms with Gasteiger partial charge in [0.25, 0.3) is 5.91 Å². The number of hydrogen-bond donors (Lipinski definition) is 3. The smallest absolute Gasteiger partial charge is 0.408 e. The molecule has 2 aliphatic carbocycles. The van der Waals surface area contributed by atoms with Gasteiger partial charge in [0.2, 0.25) is 17.6 Å². The number of rotatable bonds is 11. The molecule has 3 aliphatic rings. The van der Waals surface area contributed by atoms with Crippen molar-refractivity contribution in [2.75, 3.05) is 13.1 Å². The van der Waals surface area contributed by atoms with Crippen molar-refractivity contribution >= 4 is 29.6 Å². The minimum atomic E-state index is -0.991. The Morgan fingerprint density at radius 2 is 1.73 bits per heavy atom. The summed E-state index contributed by atoms with van der Waals surface area (Å²) in [4.78, 5) is 67.6. The molecule has 224 valence electrons. The fraction of sp³-hybridized carbons (Fsp3) is 0.767. The summed E-state index contributed by atoms with van der Waals surface area (Å²) in [5.41, 5.74) is -0.853. The number of nitrogens with one attached hydrogen (secondary N) is 3. The van der Waals surface area contributed by atoms with Crippen LogP contribution in [0.3, 0.4) is 0 Å². The van der Waals surface area contributed by atoms with Crippen LogP contribution in [0.25, 0.3) is 0 Å². The van der Waals surface area contributed by atoms with Gasteiger partial charge in [0.1, 0.15) is 17.7 Å². The summed E-state index contributed by atoms with van der Waals surface area (Å²) >= 11 is 0. The van der Waals surface area contributed by atoms with Crippen LogP contribution in [-0.2, 0) is 23.9 Å². The summed E-state index contributed by atoms with van der Waals surface area (Å²) in [6.07, 6.45) is 6.36. The Kier molecular flexibility index (Phi) is 10.1. The van der Waals surface area contributed by atoms with E-state index in [9.17, 15) is 24.0 Å². The van der Waals surface area contributed by atoms with E-state index >= 15 is 0 Å². The Labute approximate surface area is 238 Å². The zero-order valence-corrected chi connectivity index (χ0v) is 25.0. The van der Waals surface area contributed by atoms with E-state index in [0.717, 1.165) is 32.1 Å². The van der Waals surface area contributed by atoms with Crippen LogP contribution in [0.2, 0.25) is 0 Å². The van der Waals surface area contributed by atoms with Crippen molar-refractivity contribution in [2.45, 2.75) is 110 Å². The van der Waals surface area contributed by atoms with Crippen molar-refractivity contribution in [1.29, 1.82) is 0 Å². The topological polar surface area (TPSA) is 134 Å². The van der Waals surface area contributed by atoms with Gasteiger partial charge in [-0.2, -0.15) is 0 Å². The second-order valence-corrected chi connectivity index (χ2v) is 13.1. The molecule has 1 saturated heterocycles. The predicted molar refractivity (Wildman–Crippen MR) is 151 cm³/mol. The second kappa shape index (κ2) is 12.7. The van der Waals surface area contributed by atoms with Gasteiger partial charge in [0.15, 0.2) is 0 Å². The molecule has 3 fully saturated rings. The van der Waals surface area contributed by atoms with E-state index in [-0.39, 0.29) is 35.6 Å². The lowest BCUT2D eigenvalue weighted by molar-refractivity contribution is -0.145. The fourth-order valence-corrected chi connectivity index (χ4v) is 6.50. The molecule has 3 N–H and O–H groups in total. The monoisotopic (exact) mass is 560 g/mol. The molecule has 0 aromatic carbocycles. The Bertz CT molecular complexity index is 997. The maximum absolute atomic E-state index is 14.1. The van der Waals surface area contributed by atoms with E-state index in [2.05, 4.69) is 36.4 Å². The van der Waals surface area contributed by atoms with E-state index in [1.54, 1.807) is 25.7 Å². The van der Waals surface area contributed by atoms with Crippen LogP contribution in [0, 0.1) is 23.2 Å². The number of carbonyl (C=O) groups excluding carboxylic acids is 5. The lowest BCUT2D eigenvalue weighted by Crippen LogP contribution is -2.59. The number of ether oxygens (including phenoxy) is 1. The van der Waals surface area contributed by atoms with Crippen molar-refractivity contribution in [3.63, 3.8) is 0 Å². The Balaban J connectivity index is 1.83. The fourth-order valence-electron chi connectivity index (χ4n) is 6.50. The molecule has 0 aromatic heterocycles. The summed E-state index contributed by atoms with van der Waals surface area (Å²) in [6, 6.07) is -2.58. The van der Waals surface area contributed by atoms with Gasteiger partial charge in [0, 0.05) is 13.1 Å². The van der Waals surface area contributed by atoms with Crippen LogP contribution < -0.4 is 16.0 Å². The molecule has 0 radical (unpaired) electrons. The standard InChI is InChI=1S/C30H48N4O6/c1-8-13-20(24(35)26(37)31-16-9-2)32-25(36)23-21-19(30(21,6)7)17-34(23)27(38)22(18-14-11-10-12-15-18)33-28(39)40-29(3,4)5/h9,18-23H,2,8,10-17H2,1,3-7H3,(H,31,37)(H,32,36)(H,33,39). The molecule has 10 heteroatoms. The zero-order valence-electron chi connectivity index (χ0n) is 25.0. The van der Waals surface area contributed by atoms with Crippen molar-refractivity contribution in [3.8, 4) is 0 Å². The van der Waals surface area contributed by atoms with Gasteiger partial charge in [-0.1, -0.05) is 52.5 Å². The summed E-state index contributed by atoms with van der Waals surface area (Å²) in [5, 5.41) is 8.13. The zero-order chi connectivity index (χ0) is 29.8. The third-order valence-electron chi connectivity index (χ3n) is 8.66. The Hall–Kier alpha value is -2.91. The summed E-state index contributed by atoms with van der Waals surface area (Å²) in [5.74, 6) is -2.20. The minimum Gasteiger partial charge on any atom is -0.444 e. The molecule has 0 aromatic rings. The number of amides is 4. The van der Waals surface area contributed by atoms with Crippen LogP contribution in [-0.4, -0.2) is 71.3 Å². The summed E-state index contributed by atoms with van der Waals surface area (Å²) < 4.78 is 5.48. The van der Waals surface area contributed by atoms with Gasteiger partial charge < -0.3 is 25.6 Å². The number of nitrogens with zero attached hydrogens (tertiary/aromatic N) is 1. The van der Waals surface area contributed by atoms with Crippen molar-refractivity contribution < 1.29 is 28.7 Å². The van der Waals surface area contributed by atoms with Crippen molar-refractivity contribution in [2.24, 2.45) is 23.2 Å². The van der Waals surface area contributed by atoms with Gasteiger partial charge in [-0.25, -0.2) is 4.79 Å². The number of alkyl carbamates (subject to hydrolysis) is 1. The number of likely N-dealkylation sites (tertiary alicyclic amines) is 1. The van der Waals surface area contributed by atoms with Crippen LogP contribution in [0.15, 0.2) is 12.7 Å². The molecule has 1 heterocycles. The van der Waals surface area contributed by atoms with E-state index in [1.165, 1.54) is 6.08 Å². The van der Waals surface area contributed by atoms with Gasteiger partial charge in [-0.05, 0) is 63.2 Å². The number of Topliss-reactive ketones (excluding diaryl/α,β-unsaturated/α-hetero) is 1. The van der Waals surface area contributed by atoms with Crippen LogP contribution in [0.1, 0.15) is 86.5 Å². The minimum absolute atomic E-state index is 0.0506. The molecule has 1 aliphatic heterocycles. The molecular weight excluding hydrogens is 512 g/mol. The Morgan fingerprint density at radius 3 is 2.30 bits per heavy atom. The van der Waals surface area contributed by atoms with Crippen molar-refractivity contribution in [3.05, 3.63) is 12.7 Å². The number of carbonyl (C=O) groups is 5. The molecule has 3 rings (SSSR count). The van der Waals surface area contributed by atoms with Crippen LogP contribution in [0.5, 0.6) is 0 Å². The lowest BCUT2D eigenvalue weighted by Gasteiger charge is -2.37. The lowest BCUT2D eigenvalue weighted by atomic mass is 9.83. The highest BCUT2D eigenvalue weighted by Gasteiger charge is 2.69. The quantitative estimate of drug-likeness (QED) is 0.263. The van der Waals surface area contributed by atoms with Crippen LogP contribution in [0.4, 0.5) is 4.79 Å². The number of piperidine rings is 1. The van der Waals surface area contributed by atoms with Crippen LogP contribution >= 0.6 is 0 Å². The van der Waals surface area contributed by atoms with Gasteiger partial charge in [-0.3, -0.25) is 19.2 Å².